The van der Waals surface area contributed by atoms with E-state index in [2.05, 4.69) is 23.8 Å². The Morgan fingerprint density at radius 1 is 1.07 bits per heavy atom. The number of rotatable bonds is 2. The summed E-state index contributed by atoms with van der Waals surface area (Å²) < 4.78 is 0. The second kappa shape index (κ2) is 10.3. The van der Waals surface area contributed by atoms with Gasteiger partial charge in [-0.1, -0.05) is 0 Å². The standard InChI is InChI=1S/C8H19N3.3ClH/c1-8(9)7-11-5-3-10(2)4-6-11;;;/h8H,3-7,9H2,1-2H3;3*1H. The summed E-state index contributed by atoms with van der Waals surface area (Å²) in [6.45, 7) is 7.85. The Morgan fingerprint density at radius 2 is 1.50 bits per heavy atom. The topological polar surface area (TPSA) is 32.5 Å². The lowest BCUT2D eigenvalue weighted by Gasteiger charge is -2.33. The van der Waals surface area contributed by atoms with Crippen LogP contribution in [0, 0.1) is 0 Å². The van der Waals surface area contributed by atoms with Crippen LogP contribution in [0.1, 0.15) is 6.92 Å². The molecule has 1 aliphatic rings. The third kappa shape index (κ3) is 8.09. The molecule has 0 aromatic heterocycles. The fourth-order valence-corrected chi connectivity index (χ4v) is 1.44. The molecular weight excluding hydrogens is 244 g/mol. The summed E-state index contributed by atoms with van der Waals surface area (Å²) in [6, 6.07) is 0.318. The van der Waals surface area contributed by atoms with Crippen LogP contribution in [0.25, 0.3) is 0 Å². The van der Waals surface area contributed by atoms with Crippen molar-refractivity contribution in [2.75, 3.05) is 39.8 Å². The highest BCUT2D eigenvalue weighted by atomic mass is 35.5. The van der Waals surface area contributed by atoms with E-state index in [1.54, 1.807) is 0 Å². The minimum absolute atomic E-state index is 0. The highest BCUT2D eigenvalue weighted by Crippen LogP contribution is 1.98. The van der Waals surface area contributed by atoms with Gasteiger partial charge >= 0.3 is 0 Å². The maximum atomic E-state index is 5.70. The second-order valence-corrected chi connectivity index (χ2v) is 3.58. The third-order valence-corrected chi connectivity index (χ3v) is 2.14. The molecule has 0 aliphatic carbocycles. The Morgan fingerprint density at radius 3 is 1.86 bits per heavy atom. The van der Waals surface area contributed by atoms with Crippen molar-refractivity contribution in [2.45, 2.75) is 13.0 Å². The Bertz CT molecular complexity index is 116. The number of nitrogens with two attached hydrogens (primary N) is 1. The molecule has 14 heavy (non-hydrogen) atoms. The van der Waals surface area contributed by atoms with E-state index in [0.29, 0.717) is 6.04 Å². The summed E-state index contributed by atoms with van der Waals surface area (Å²) in [7, 11) is 2.17. The molecule has 90 valence electrons. The van der Waals surface area contributed by atoms with Gasteiger partial charge in [0.2, 0.25) is 0 Å². The van der Waals surface area contributed by atoms with Crippen molar-refractivity contribution in [3.05, 3.63) is 0 Å². The molecule has 0 spiro atoms. The SMILES string of the molecule is CC(N)CN1CCN(C)CC1.Cl.Cl.Cl. The second-order valence-electron chi connectivity index (χ2n) is 3.58. The summed E-state index contributed by atoms with van der Waals surface area (Å²) in [4.78, 5) is 4.79. The first kappa shape index (κ1) is 20.2. The van der Waals surface area contributed by atoms with Crippen LogP contribution in [0.15, 0.2) is 0 Å². The van der Waals surface area contributed by atoms with Crippen molar-refractivity contribution in [3.8, 4) is 0 Å². The predicted molar refractivity (Wildman–Crippen MR) is 69.3 cm³/mol. The van der Waals surface area contributed by atoms with E-state index in [0.717, 1.165) is 6.54 Å². The van der Waals surface area contributed by atoms with Crippen molar-refractivity contribution in [1.82, 2.24) is 9.80 Å². The molecule has 0 radical (unpaired) electrons. The average molecular weight is 267 g/mol. The van der Waals surface area contributed by atoms with Gasteiger partial charge in [0.1, 0.15) is 0 Å². The fraction of sp³-hybridized carbons (Fsp3) is 1.00. The van der Waals surface area contributed by atoms with Gasteiger partial charge in [-0.25, -0.2) is 0 Å². The quantitative estimate of drug-likeness (QED) is 0.804. The zero-order chi connectivity index (χ0) is 8.27. The molecule has 1 saturated heterocycles. The molecule has 1 fully saturated rings. The van der Waals surface area contributed by atoms with Crippen molar-refractivity contribution in [3.63, 3.8) is 0 Å². The molecule has 0 saturated carbocycles. The summed E-state index contributed by atoms with van der Waals surface area (Å²) >= 11 is 0. The van der Waals surface area contributed by atoms with Crippen LogP contribution >= 0.6 is 37.2 Å². The van der Waals surface area contributed by atoms with Crippen LogP contribution in [-0.4, -0.2) is 55.6 Å². The molecule has 6 heteroatoms. The number of likely N-dealkylation sites (N-methyl/N-ethyl adjacent to an activating group) is 1. The van der Waals surface area contributed by atoms with Gasteiger partial charge in [0.25, 0.3) is 0 Å². The van der Waals surface area contributed by atoms with Crippen LogP contribution in [0.4, 0.5) is 0 Å². The molecule has 1 unspecified atom stereocenters. The predicted octanol–water partition coefficient (Wildman–Crippen LogP) is 0.846. The minimum Gasteiger partial charge on any atom is -0.327 e. The molecule has 2 N–H and O–H groups in total. The van der Waals surface area contributed by atoms with Crippen LogP contribution in [0.5, 0.6) is 0 Å². The van der Waals surface area contributed by atoms with E-state index >= 15 is 0 Å². The number of halogens is 3. The van der Waals surface area contributed by atoms with Crippen LogP contribution in [0.3, 0.4) is 0 Å². The largest absolute Gasteiger partial charge is 0.327 e. The number of hydrogen-bond donors (Lipinski definition) is 1. The van der Waals surface area contributed by atoms with Crippen LogP contribution < -0.4 is 5.73 Å². The first-order chi connectivity index (χ1) is 5.18. The summed E-state index contributed by atoms with van der Waals surface area (Å²) in [5.41, 5.74) is 5.70. The molecule has 0 amide bonds. The molecule has 0 bridgehead atoms. The minimum atomic E-state index is 0. The maximum Gasteiger partial charge on any atom is 0.0139 e. The van der Waals surface area contributed by atoms with E-state index < -0.39 is 0 Å². The number of piperazine rings is 1. The van der Waals surface area contributed by atoms with Gasteiger partial charge < -0.3 is 10.6 Å². The molecule has 1 atom stereocenters. The first-order valence-corrected chi connectivity index (χ1v) is 4.35. The van der Waals surface area contributed by atoms with Crippen LogP contribution in [-0.2, 0) is 0 Å². The van der Waals surface area contributed by atoms with E-state index in [1.165, 1.54) is 26.2 Å². The lowest BCUT2D eigenvalue weighted by molar-refractivity contribution is 0.149. The van der Waals surface area contributed by atoms with Crippen molar-refractivity contribution in [1.29, 1.82) is 0 Å². The maximum absolute atomic E-state index is 5.70. The Hall–Kier alpha value is 0.750. The summed E-state index contributed by atoms with van der Waals surface area (Å²) in [6.07, 6.45) is 0. The number of nitrogens with zero attached hydrogens (tertiary/aromatic N) is 2. The molecule has 3 nitrogen and oxygen atoms in total. The zero-order valence-electron chi connectivity index (χ0n) is 8.81. The van der Waals surface area contributed by atoms with Crippen molar-refractivity contribution in [2.24, 2.45) is 5.73 Å². The highest BCUT2D eigenvalue weighted by Gasteiger charge is 2.13. The Kier molecular flexibility index (Phi) is 14.8. The first-order valence-electron chi connectivity index (χ1n) is 4.35. The molecule has 1 heterocycles. The Labute approximate surface area is 106 Å². The molecule has 0 aromatic carbocycles. The molecule has 0 aromatic rings. The monoisotopic (exact) mass is 265 g/mol. The van der Waals surface area contributed by atoms with Gasteiger partial charge in [-0.05, 0) is 14.0 Å². The van der Waals surface area contributed by atoms with Gasteiger partial charge in [-0.2, -0.15) is 0 Å². The summed E-state index contributed by atoms with van der Waals surface area (Å²) in [5.74, 6) is 0. The zero-order valence-corrected chi connectivity index (χ0v) is 11.3. The smallest absolute Gasteiger partial charge is 0.0139 e. The van der Waals surface area contributed by atoms with Crippen LogP contribution in [0.2, 0.25) is 0 Å². The molecule has 1 rings (SSSR count). The lowest BCUT2D eigenvalue weighted by atomic mass is 10.3. The third-order valence-electron chi connectivity index (χ3n) is 2.14. The lowest BCUT2D eigenvalue weighted by Crippen LogP contribution is -2.47. The highest BCUT2D eigenvalue weighted by molar-refractivity contribution is 5.86. The molecular formula is C8H22Cl3N3. The average Bonchev–Trinajstić information content (AvgIpc) is 1.93. The van der Waals surface area contributed by atoms with Crippen molar-refractivity contribution >= 4 is 37.2 Å². The van der Waals surface area contributed by atoms with E-state index in [1.807, 2.05) is 0 Å². The van der Waals surface area contributed by atoms with E-state index in [-0.39, 0.29) is 37.2 Å². The van der Waals surface area contributed by atoms with Gasteiger partial charge in [0.15, 0.2) is 0 Å². The number of hydrogen-bond acceptors (Lipinski definition) is 3. The molecule has 1 aliphatic heterocycles. The van der Waals surface area contributed by atoms with Gasteiger partial charge in [-0.3, -0.25) is 4.90 Å². The Balaban J connectivity index is -0.000000403. The normalized spacial score (nSPS) is 19.9. The fourth-order valence-electron chi connectivity index (χ4n) is 1.44. The summed E-state index contributed by atoms with van der Waals surface area (Å²) in [5, 5.41) is 0. The van der Waals surface area contributed by atoms with E-state index in [4.69, 9.17) is 5.73 Å². The van der Waals surface area contributed by atoms with Gasteiger partial charge in [0, 0.05) is 38.8 Å². The van der Waals surface area contributed by atoms with Crippen molar-refractivity contribution < 1.29 is 0 Å². The van der Waals surface area contributed by atoms with E-state index in [9.17, 15) is 0 Å². The van der Waals surface area contributed by atoms with Gasteiger partial charge in [-0.15, -0.1) is 37.2 Å². The van der Waals surface area contributed by atoms with Gasteiger partial charge in [0.05, 0.1) is 0 Å².